The highest BCUT2D eigenvalue weighted by Crippen LogP contribution is 2.31. The van der Waals surface area contributed by atoms with E-state index in [1.165, 1.54) is 24.3 Å². The van der Waals surface area contributed by atoms with Gasteiger partial charge in [0.15, 0.2) is 22.8 Å². The van der Waals surface area contributed by atoms with Crippen molar-refractivity contribution in [3.05, 3.63) is 70.8 Å². The molecular formula is C22H26O8. The minimum absolute atomic E-state index is 0.0974. The normalized spacial score (nSPS) is 17.5. The van der Waals surface area contributed by atoms with E-state index in [-0.39, 0.29) is 11.1 Å². The average Bonchev–Trinajstić information content (AvgIpc) is 2.76. The molecule has 2 rings (SSSR count). The van der Waals surface area contributed by atoms with E-state index >= 15 is 0 Å². The summed E-state index contributed by atoms with van der Waals surface area (Å²) in [7, 11) is 0. The van der Waals surface area contributed by atoms with Crippen LogP contribution in [-0.2, 0) is 0 Å². The summed E-state index contributed by atoms with van der Waals surface area (Å²) in [5.41, 5.74) is -4.87. The molecule has 8 nitrogen and oxygen atoms in total. The van der Waals surface area contributed by atoms with Gasteiger partial charge in [-0.25, -0.2) is 0 Å². The first-order valence-electron chi connectivity index (χ1n) is 9.27. The van der Waals surface area contributed by atoms with Gasteiger partial charge in [-0.05, 0) is 13.8 Å². The van der Waals surface area contributed by atoms with E-state index in [9.17, 15) is 40.2 Å². The maximum Gasteiger partial charge on any atom is 0.199 e. The van der Waals surface area contributed by atoms with Gasteiger partial charge < -0.3 is 30.6 Å². The third kappa shape index (κ3) is 4.20. The molecule has 0 radical (unpaired) electrons. The number of ketones is 2. The van der Waals surface area contributed by atoms with Gasteiger partial charge in [0.2, 0.25) is 0 Å². The standard InChI is InChI=1S/C22H26O8/c1-13-3-7-15(8-4-13)18(26)21(29,12-24)20(28)22(30,17(25)11-23)19(27)16-9-5-14(2)6-10-16/h3-10,17,20,23-25,28-30H,11-12H2,1-2H3/t17-,20+,21-,22-/m0/s1. The van der Waals surface area contributed by atoms with Crippen LogP contribution in [0.4, 0.5) is 0 Å². The fraction of sp³-hybridized carbons (Fsp3) is 0.364. The molecule has 30 heavy (non-hydrogen) atoms. The molecule has 2 aromatic carbocycles. The van der Waals surface area contributed by atoms with Gasteiger partial charge in [0.1, 0.15) is 12.2 Å². The van der Waals surface area contributed by atoms with Crippen LogP contribution in [0.5, 0.6) is 0 Å². The van der Waals surface area contributed by atoms with Gasteiger partial charge in [-0.15, -0.1) is 0 Å². The SMILES string of the molecule is Cc1ccc(C(=O)[C@@](O)([C@@H](O)CO)[C@H](O)[C@](O)(CO)C(=O)c2ccc(C)cc2)cc1. The van der Waals surface area contributed by atoms with E-state index in [1.807, 2.05) is 0 Å². The Balaban J connectivity index is 2.55. The third-order valence-corrected chi connectivity index (χ3v) is 5.18. The molecule has 0 aliphatic rings. The summed E-state index contributed by atoms with van der Waals surface area (Å²) in [6.07, 6.45) is -4.93. The van der Waals surface area contributed by atoms with Crippen molar-refractivity contribution in [2.45, 2.75) is 37.3 Å². The van der Waals surface area contributed by atoms with Crippen LogP contribution in [-0.4, -0.2) is 78.8 Å². The molecule has 2 aromatic rings. The Morgan fingerprint density at radius 3 is 1.57 bits per heavy atom. The molecule has 162 valence electrons. The lowest BCUT2D eigenvalue weighted by Crippen LogP contribution is -2.70. The number of Topliss-reactive ketones (excluding diaryl/α,β-unsaturated/α-hetero) is 2. The van der Waals surface area contributed by atoms with Crippen molar-refractivity contribution in [3.63, 3.8) is 0 Å². The minimum Gasteiger partial charge on any atom is -0.394 e. The number of benzene rings is 2. The molecule has 0 aliphatic carbocycles. The summed E-state index contributed by atoms with van der Waals surface area (Å²) in [6, 6.07) is 11.5. The molecule has 0 bridgehead atoms. The summed E-state index contributed by atoms with van der Waals surface area (Å²) in [6.45, 7) is 0.995. The van der Waals surface area contributed by atoms with Crippen molar-refractivity contribution in [2.24, 2.45) is 0 Å². The van der Waals surface area contributed by atoms with Crippen molar-refractivity contribution in [2.75, 3.05) is 13.2 Å². The van der Waals surface area contributed by atoms with Crippen LogP contribution < -0.4 is 0 Å². The van der Waals surface area contributed by atoms with Crippen LogP contribution in [0.15, 0.2) is 48.5 Å². The van der Waals surface area contributed by atoms with Crippen molar-refractivity contribution >= 4 is 11.6 Å². The molecule has 8 heteroatoms. The predicted octanol–water partition coefficient (Wildman–Crippen LogP) is -0.462. The second kappa shape index (κ2) is 9.13. The summed E-state index contributed by atoms with van der Waals surface area (Å²) < 4.78 is 0. The van der Waals surface area contributed by atoms with Crippen LogP contribution in [0, 0.1) is 13.8 Å². The van der Waals surface area contributed by atoms with Crippen LogP contribution in [0.25, 0.3) is 0 Å². The number of rotatable bonds is 9. The number of aryl methyl sites for hydroxylation is 2. The van der Waals surface area contributed by atoms with Crippen LogP contribution >= 0.6 is 0 Å². The Morgan fingerprint density at radius 1 is 0.800 bits per heavy atom. The molecule has 0 fully saturated rings. The number of carbonyl (C=O) groups is 2. The molecule has 0 aromatic heterocycles. The fourth-order valence-electron chi connectivity index (χ4n) is 3.13. The number of hydrogen-bond donors (Lipinski definition) is 6. The second-order valence-corrected chi connectivity index (χ2v) is 7.40. The van der Waals surface area contributed by atoms with Gasteiger partial charge in [0.25, 0.3) is 0 Å². The lowest BCUT2D eigenvalue weighted by atomic mass is 9.73. The van der Waals surface area contributed by atoms with E-state index in [4.69, 9.17) is 0 Å². The lowest BCUT2D eigenvalue weighted by molar-refractivity contribution is -0.186. The summed E-state index contributed by atoms with van der Waals surface area (Å²) in [5, 5.41) is 62.0. The molecule has 0 saturated carbocycles. The Kier molecular flexibility index (Phi) is 7.25. The fourth-order valence-corrected chi connectivity index (χ4v) is 3.13. The Morgan fingerprint density at radius 2 is 1.20 bits per heavy atom. The van der Waals surface area contributed by atoms with Gasteiger partial charge in [-0.3, -0.25) is 9.59 Å². The Labute approximate surface area is 173 Å². The van der Waals surface area contributed by atoms with Gasteiger partial charge in [0.05, 0.1) is 13.2 Å². The molecule has 0 amide bonds. The van der Waals surface area contributed by atoms with Crippen molar-refractivity contribution in [3.8, 4) is 0 Å². The van der Waals surface area contributed by atoms with Crippen molar-refractivity contribution in [1.29, 1.82) is 0 Å². The highest BCUT2D eigenvalue weighted by molar-refractivity contribution is 6.07. The zero-order chi connectivity index (χ0) is 22.7. The van der Waals surface area contributed by atoms with E-state index in [2.05, 4.69) is 0 Å². The van der Waals surface area contributed by atoms with E-state index in [0.29, 0.717) is 0 Å². The molecule has 0 heterocycles. The van der Waals surface area contributed by atoms with Crippen LogP contribution in [0.3, 0.4) is 0 Å². The quantitative estimate of drug-likeness (QED) is 0.299. The van der Waals surface area contributed by atoms with Crippen LogP contribution in [0.2, 0.25) is 0 Å². The zero-order valence-electron chi connectivity index (χ0n) is 16.7. The highest BCUT2D eigenvalue weighted by Gasteiger charge is 2.60. The van der Waals surface area contributed by atoms with Gasteiger partial charge in [0, 0.05) is 11.1 Å². The molecular weight excluding hydrogens is 392 g/mol. The summed E-state index contributed by atoms with van der Waals surface area (Å²) >= 11 is 0. The van der Waals surface area contributed by atoms with E-state index in [0.717, 1.165) is 11.1 Å². The lowest BCUT2D eigenvalue weighted by Gasteiger charge is -2.41. The number of hydrogen-bond acceptors (Lipinski definition) is 8. The van der Waals surface area contributed by atoms with Crippen molar-refractivity contribution in [1.82, 2.24) is 0 Å². The summed E-state index contributed by atoms with van der Waals surface area (Å²) in [4.78, 5) is 25.9. The smallest absolute Gasteiger partial charge is 0.199 e. The monoisotopic (exact) mass is 418 g/mol. The average molecular weight is 418 g/mol. The molecule has 0 saturated heterocycles. The van der Waals surface area contributed by atoms with Crippen LogP contribution in [0.1, 0.15) is 31.8 Å². The summed E-state index contributed by atoms with van der Waals surface area (Å²) in [5.74, 6) is -2.40. The predicted molar refractivity (Wildman–Crippen MR) is 107 cm³/mol. The number of aliphatic hydroxyl groups is 6. The largest absolute Gasteiger partial charge is 0.394 e. The zero-order valence-corrected chi connectivity index (χ0v) is 16.7. The molecule has 0 spiro atoms. The molecule has 0 unspecified atom stereocenters. The topological polar surface area (TPSA) is 156 Å². The molecule has 4 atom stereocenters. The maximum absolute atomic E-state index is 13.0. The van der Waals surface area contributed by atoms with E-state index in [1.54, 1.807) is 38.1 Å². The van der Waals surface area contributed by atoms with Gasteiger partial charge in [-0.1, -0.05) is 59.7 Å². The van der Waals surface area contributed by atoms with Crippen molar-refractivity contribution < 1.29 is 40.2 Å². The Hall–Kier alpha value is -2.46. The van der Waals surface area contributed by atoms with E-state index < -0.39 is 48.2 Å². The highest BCUT2D eigenvalue weighted by atomic mass is 16.4. The van der Waals surface area contributed by atoms with Gasteiger partial charge in [-0.2, -0.15) is 0 Å². The first-order chi connectivity index (χ1) is 14.0. The van der Waals surface area contributed by atoms with Gasteiger partial charge >= 0.3 is 0 Å². The minimum atomic E-state index is -3.19. The Bertz CT molecular complexity index is 892. The number of carbonyl (C=O) groups excluding carboxylic acids is 2. The maximum atomic E-state index is 13.0. The number of aliphatic hydroxyl groups excluding tert-OH is 4. The first-order valence-corrected chi connectivity index (χ1v) is 9.27. The third-order valence-electron chi connectivity index (χ3n) is 5.18. The molecule has 6 N–H and O–H groups in total. The first kappa shape index (κ1) is 23.8. The molecule has 0 aliphatic heterocycles. The second-order valence-electron chi connectivity index (χ2n) is 7.40.